The van der Waals surface area contributed by atoms with Crippen LogP contribution in [0.25, 0.3) is 0 Å². The summed E-state index contributed by atoms with van der Waals surface area (Å²) in [6.45, 7) is 0. The highest BCUT2D eigenvalue weighted by Gasteiger charge is 2.48. The predicted octanol–water partition coefficient (Wildman–Crippen LogP) is 2.64. The third-order valence-electron chi connectivity index (χ3n) is 4.48. The van der Waals surface area contributed by atoms with Crippen molar-refractivity contribution >= 4 is 15.6 Å². The fourth-order valence-electron chi connectivity index (χ4n) is 3.35. The van der Waals surface area contributed by atoms with Crippen molar-refractivity contribution in [3.63, 3.8) is 0 Å². The maximum Gasteiger partial charge on any atom is 0.169 e. The molecular weight excluding hydrogens is 305 g/mol. The van der Waals surface area contributed by atoms with Crippen molar-refractivity contribution in [1.82, 2.24) is 0 Å². The van der Waals surface area contributed by atoms with E-state index >= 15 is 0 Å². The van der Waals surface area contributed by atoms with E-state index in [4.69, 9.17) is 0 Å². The van der Waals surface area contributed by atoms with Crippen molar-refractivity contribution in [2.45, 2.75) is 36.2 Å². The summed E-state index contributed by atoms with van der Waals surface area (Å²) in [6.07, 6.45) is 1.29. The Morgan fingerprint density at radius 1 is 0.952 bits per heavy atom. The Balaban J connectivity index is 1.90. The molecule has 0 N–H and O–H groups in total. The number of rotatable bonds is 2. The van der Waals surface area contributed by atoms with Gasteiger partial charge in [-0.15, -0.1) is 0 Å². The molecule has 0 aliphatic carbocycles. The lowest BCUT2D eigenvalue weighted by Gasteiger charge is -2.27. The van der Waals surface area contributed by atoms with Crippen molar-refractivity contribution in [2.24, 2.45) is 5.92 Å². The van der Waals surface area contributed by atoms with Gasteiger partial charge < -0.3 is 0 Å². The molecule has 0 saturated carbocycles. The van der Waals surface area contributed by atoms with E-state index in [0.29, 0.717) is 25.0 Å². The third-order valence-corrected chi connectivity index (χ3v) is 7.20. The monoisotopic (exact) mass is 318 g/mol. The molecule has 2 bridgehead atoms. The van der Waals surface area contributed by atoms with Gasteiger partial charge in [0.15, 0.2) is 27.3 Å². The number of halogens is 3. The van der Waals surface area contributed by atoms with E-state index in [2.05, 4.69) is 0 Å². The number of fused-ring (bicyclic) bond motifs is 2. The Morgan fingerprint density at radius 2 is 1.48 bits per heavy atom. The minimum atomic E-state index is -3.18. The quantitative estimate of drug-likeness (QED) is 0.622. The highest BCUT2D eigenvalue weighted by Crippen LogP contribution is 2.42. The van der Waals surface area contributed by atoms with Gasteiger partial charge in [-0.1, -0.05) is 0 Å². The van der Waals surface area contributed by atoms with E-state index in [-0.39, 0.29) is 12.8 Å². The molecule has 1 aromatic rings. The second-order valence-electron chi connectivity index (χ2n) is 5.69. The van der Waals surface area contributed by atoms with E-state index in [1.54, 1.807) is 0 Å². The first-order valence-corrected chi connectivity index (χ1v) is 8.33. The average molecular weight is 318 g/mol. The van der Waals surface area contributed by atoms with Gasteiger partial charge in [0.25, 0.3) is 0 Å². The zero-order valence-electron chi connectivity index (χ0n) is 11.0. The summed E-state index contributed by atoms with van der Waals surface area (Å²) >= 11 is 0. The highest BCUT2D eigenvalue weighted by molar-refractivity contribution is 7.93. The number of Topliss-reactive ketones (excluding diaryl/α,β-unsaturated/α-hetero) is 1. The van der Waals surface area contributed by atoms with Crippen LogP contribution in [0.4, 0.5) is 13.2 Å². The summed E-state index contributed by atoms with van der Waals surface area (Å²) in [5.41, 5.74) is -0.502. The van der Waals surface area contributed by atoms with Crippen molar-refractivity contribution in [2.75, 3.05) is 0 Å². The molecule has 2 aliphatic heterocycles. The molecule has 21 heavy (non-hydrogen) atoms. The van der Waals surface area contributed by atoms with Crippen LogP contribution in [-0.4, -0.2) is 24.7 Å². The second-order valence-corrected chi connectivity index (χ2v) is 8.20. The van der Waals surface area contributed by atoms with Crippen LogP contribution in [0.3, 0.4) is 0 Å². The van der Waals surface area contributed by atoms with E-state index in [0.717, 1.165) is 0 Å². The maximum atomic E-state index is 13.7. The first-order chi connectivity index (χ1) is 9.80. The van der Waals surface area contributed by atoms with E-state index < -0.39 is 55.1 Å². The molecular formula is C14H13F3O3S. The first kappa shape index (κ1) is 14.6. The lowest BCUT2D eigenvalue weighted by Crippen LogP contribution is -2.36. The van der Waals surface area contributed by atoms with Crippen molar-refractivity contribution < 1.29 is 26.4 Å². The second kappa shape index (κ2) is 4.83. The fourth-order valence-corrected chi connectivity index (χ4v) is 5.83. The van der Waals surface area contributed by atoms with Gasteiger partial charge in [-0.05, 0) is 31.7 Å². The maximum absolute atomic E-state index is 13.7. The van der Waals surface area contributed by atoms with Gasteiger partial charge in [0.2, 0.25) is 0 Å². The molecule has 3 rings (SSSR count). The van der Waals surface area contributed by atoms with E-state index in [9.17, 15) is 26.4 Å². The smallest absolute Gasteiger partial charge is 0.169 e. The Bertz CT molecular complexity index is 694. The van der Waals surface area contributed by atoms with Crippen LogP contribution < -0.4 is 0 Å². The molecule has 0 spiro atoms. The molecule has 2 fully saturated rings. The molecule has 1 aromatic carbocycles. The van der Waals surface area contributed by atoms with E-state index in [1.807, 2.05) is 0 Å². The highest BCUT2D eigenvalue weighted by atomic mass is 32.2. The Morgan fingerprint density at radius 3 is 2.05 bits per heavy atom. The molecule has 0 radical (unpaired) electrons. The summed E-state index contributed by atoms with van der Waals surface area (Å²) in [5, 5.41) is -1.14. The fraction of sp³-hybridized carbons (Fsp3) is 0.500. The standard InChI is InChI=1S/C14H13F3O3S/c15-11-6-13(17)12(16)5-10(11)14(18)7-3-8-1-2-9(4-7)21(8,19)20/h5-9H,1-4H2. The normalized spacial score (nSPS) is 30.3. The molecule has 2 saturated heterocycles. The van der Waals surface area contributed by atoms with Crippen LogP contribution in [0.1, 0.15) is 36.0 Å². The van der Waals surface area contributed by atoms with E-state index in [1.165, 1.54) is 0 Å². The van der Waals surface area contributed by atoms with Crippen LogP contribution in [0.15, 0.2) is 12.1 Å². The summed E-state index contributed by atoms with van der Waals surface area (Å²) in [7, 11) is -3.18. The minimum absolute atomic E-state index is 0.135. The van der Waals surface area contributed by atoms with Gasteiger partial charge in [0.1, 0.15) is 5.82 Å². The van der Waals surface area contributed by atoms with Crippen molar-refractivity contribution in [1.29, 1.82) is 0 Å². The molecule has 3 nitrogen and oxygen atoms in total. The number of carbonyl (C=O) groups excluding carboxylic acids is 1. The zero-order valence-corrected chi connectivity index (χ0v) is 11.8. The Kier molecular flexibility index (Phi) is 3.35. The van der Waals surface area contributed by atoms with Crippen molar-refractivity contribution in [3.8, 4) is 0 Å². The Hall–Kier alpha value is -1.37. The molecule has 2 aliphatic rings. The van der Waals surface area contributed by atoms with Gasteiger partial charge in [0, 0.05) is 12.0 Å². The lowest BCUT2D eigenvalue weighted by atomic mass is 9.90. The largest absolute Gasteiger partial charge is 0.294 e. The topological polar surface area (TPSA) is 51.2 Å². The van der Waals surface area contributed by atoms with Gasteiger partial charge in [-0.3, -0.25) is 4.79 Å². The number of ketones is 1. The molecule has 2 heterocycles. The molecule has 2 atom stereocenters. The molecule has 114 valence electrons. The molecule has 0 aromatic heterocycles. The number of hydrogen-bond donors (Lipinski definition) is 0. The minimum Gasteiger partial charge on any atom is -0.294 e. The molecule has 0 amide bonds. The SMILES string of the molecule is O=C(c1cc(F)c(F)cc1F)C1CC2CCC(C1)S2(=O)=O. The van der Waals surface area contributed by atoms with Gasteiger partial charge in [0.05, 0.1) is 16.1 Å². The van der Waals surface area contributed by atoms with Crippen LogP contribution in [0, 0.1) is 23.4 Å². The van der Waals surface area contributed by atoms with Crippen LogP contribution in [0.5, 0.6) is 0 Å². The molecule has 2 unspecified atom stereocenters. The first-order valence-electron chi connectivity index (χ1n) is 6.72. The average Bonchev–Trinajstić information content (AvgIpc) is 2.62. The number of hydrogen-bond acceptors (Lipinski definition) is 3. The predicted molar refractivity (Wildman–Crippen MR) is 69.1 cm³/mol. The lowest BCUT2D eigenvalue weighted by molar-refractivity contribution is 0.0900. The summed E-state index contributed by atoms with van der Waals surface area (Å²) < 4.78 is 63.6. The number of benzene rings is 1. The van der Waals surface area contributed by atoms with Gasteiger partial charge in [-0.25, -0.2) is 21.6 Å². The van der Waals surface area contributed by atoms with Crippen LogP contribution in [0.2, 0.25) is 0 Å². The molecule has 7 heteroatoms. The van der Waals surface area contributed by atoms with Gasteiger partial charge in [-0.2, -0.15) is 0 Å². The van der Waals surface area contributed by atoms with Crippen molar-refractivity contribution in [3.05, 3.63) is 35.1 Å². The summed E-state index contributed by atoms with van der Waals surface area (Å²) in [6, 6.07) is 0.898. The van der Waals surface area contributed by atoms with Crippen LogP contribution in [-0.2, 0) is 9.84 Å². The number of sulfone groups is 1. The third kappa shape index (κ3) is 2.27. The van der Waals surface area contributed by atoms with Gasteiger partial charge >= 0.3 is 0 Å². The number of carbonyl (C=O) groups is 1. The van der Waals surface area contributed by atoms with Crippen LogP contribution >= 0.6 is 0 Å². The summed E-state index contributed by atoms with van der Waals surface area (Å²) in [5.74, 6) is -5.04. The summed E-state index contributed by atoms with van der Waals surface area (Å²) in [4.78, 5) is 12.3. The Labute approximate surface area is 120 Å². The zero-order chi connectivity index (χ0) is 15.4.